The van der Waals surface area contributed by atoms with Gasteiger partial charge in [0.1, 0.15) is 5.76 Å². The first-order chi connectivity index (χ1) is 4.24. The number of aldehydes is 1. The van der Waals surface area contributed by atoms with Crippen LogP contribution in [0.5, 0.6) is 0 Å². The monoisotopic (exact) mass is 144 g/mol. The second-order valence-corrected chi connectivity index (χ2v) is 2.08. The molecule has 1 aromatic rings. The third-order valence-corrected chi connectivity index (χ3v) is 1.37. The molecular formula is C6H5ClO2. The van der Waals surface area contributed by atoms with Crippen LogP contribution in [0, 0.1) is 6.92 Å². The molecule has 0 fully saturated rings. The largest absolute Gasteiger partial charge is 0.457 e. The summed E-state index contributed by atoms with van der Waals surface area (Å²) in [6, 6.07) is 1.49. The zero-order valence-electron chi connectivity index (χ0n) is 4.85. The smallest absolute Gasteiger partial charge is 0.185 e. The van der Waals surface area contributed by atoms with Gasteiger partial charge in [0, 0.05) is 6.07 Å². The van der Waals surface area contributed by atoms with Crippen LogP contribution in [0.25, 0.3) is 0 Å². The second-order valence-electron chi connectivity index (χ2n) is 1.67. The Morgan fingerprint density at radius 2 is 2.44 bits per heavy atom. The Balaban J connectivity index is 3.11. The van der Waals surface area contributed by atoms with E-state index >= 15 is 0 Å². The molecule has 1 rings (SSSR count). The van der Waals surface area contributed by atoms with Crippen molar-refractivity contribution in [1.29, 1.82) is 0 Å². The summed E-state index contributed by atoms with van der Waals surface area (Å²) in [4.78, 5) is 10.0. The van der Waals surface area contributed by atoms with Gasteiger partial charge in [-0.15, -0.1) is 0 Å². The van der Waals surface area contributed by atoms with Crippen molar-refractivity contribution in [2.45, 2.75) is 6.92 Å². The van der Waals surface area contributed by atoms with E-state index in [0.29, 0.717) is 17.1 Å². The molecule has 0 atom stereocenters. The first kappa shape index (κ1) is 6.36. The third kappa shape index (κ3) is 1.13. The van der Waals surface area contributed by atoms with Gasteiger partial charge < -0.3 is 4.42 Å². The lowest BCUT2D eigenvalue weighted by Gasteiger charge is -1.78. The summed E-state index contributed by atoms with van der Waals surface area (Å²) in [6.07, 6.45) is 0.624. The summed E-state index contributed by atoms with van der Waals surface area (Å²) >= 11 is 5.56. The van der Waals surface area contributed by atoms with E-state index in [9.17, 15) is 4.79 Å². The molecule has 0 saturated heterocycles. The zero-order valence-corrected chi connectivity index (χ0v) is 5.61. The fraction of sp³-hybridized carbons (Fsp3) is 0.167. The lowest BCUT2D eigenvalue weighted by atomic mass is 10.4. The number of hydrogen-bond acceptors (Lipinski definition) is 2. The highest BCUT2D eigenvalue weighted by molar-refractivity contribution is 6.31. The van der Waals surface area contributed by atoms with Crippen LogP contribution in [-0.2, 0) is 0 Å². The molecule has 0 saturated carbocycles. The number of rotatable bonds is 1. The Hall–Kier alpha value is -0.760. The SMILES string of the molecule is Cc1oc(C=O)cc1Cl. The van der Waals surface area contributed by atoms with E-state index in [-0.39, 0.29) is 5.76 Å². The van der Waals surface area contributed by atoms with Crippen molar-refractivity contribution >= 4 is 17.9 Å². The molecule has 0 bridgehead atoms. The molecule has 3 heteroatoms. The van der Waals surface area contributed by atoms with Crippen molar-refractivity contribution in [2.24, 2.45) is 0 Å². The van der Waals surface area contributed by atoms with Gasteiger partial charge in [0.15, 0.2) is 12.0 Å². The molecule has 9 heavy (non-hydrogen) atoms. The van der Waals surface area contributed by atoms with Crippen LogP contribution in [0.1, 0.15) is 16.3 Å². The van der Waals surface area contributed by atoms with Gasteiger partial charge in [-0.2, -0.15) is 0 Å². The van der Waals surface area contributed by atoms with E-state index in [1.54, 1.807) is 6.92 Å². The van der Waals surface area contributed by atoms with Crippen molar-refractivity contribution in [1.82, 2.24) is 0 Å². The summed E-state index contributed by atoms with van der Waals surface area (Å²) < 4.78 is 4.86. The number of furan rings is 1. The molecule has 2 nitrogen and oxygen atoms in total. The van der Waals surface area contributed by atoms with Crippen LogP contribution in [0.3, 0.4) is 0 Å². The van der Waals surface area contributed by atoms with Gasteiger partial charge in [-0.3, -0.25) is 4.79 Å². The molecular weight excluding hydrogens is 140 g/mol. The Morgan fingerprint density at radius 1 is 1.78 bits per heavy atom. The minimum absolute atomic E-state index is 0.275. The molecule has 0 aliphatic carbocycles. The van der Waals surface area contributed by atoms with Crippen molar-refractivity contribution in [3.8, 4) is 0 Å². The standard InChI is InChI=1S/C6H5ClO2/c1-4-6(7)2-5(3-8)9-4/h2-3H,1H3. The van der Waals surface area contributed by atoms with E-state index < -0.39 is 0 Å². The normalized spacial score (nSPS) is 9.56. The van der Waals surface area contributed by atoms with Crippen LogP contribution in [0.2, 0.25) is 5.02 Å². The Kier molecular flexibility index (Phi) is 1.58. The first-order valence-electron chi connectivity index (χ1n) is 2.45. The third-order valence-electron chi connectivity index (χ3n) is 0.992. The highest BCUT2D eigenvalue weighted by Crippen LogP contribution is 2.17. The van der Waals surface area contributed by atoms with Crippen LogP contribution >= 0.6 is 11.6 Å². The maximum absolute atomic E-state index is 10.0. The van der Waals surface area contributed by atoms with E-state index in [2.05, 4.69) is 0 Å². The van der Waals surface area contributed by atoms with Gasteiger partial charge >= 0.3 is 0 Å². The lowest BCUT2D eigenvalue weighted by Crippen LogP contribution is -1.66. The number of hydrogen-bond donors (Lipinski definition) is 0. The van der Waals surface area contributed by atoms with E-state index in [1.165, 1.54) is 6.07 Å². The maximum atomic E-state index is 10.0. The second kappa shape index (κ2) is 2.23. The quantitative estimate of drug-likeness (QED) is 0.565. The van der Waals surface area contributed by atoms with E-state index in [0.717, 1.165) is 0 Å². The van der Waals surface area contributed by atoms with Gasteiger partial charge in [-0.1, -0.05) is 11.6 Å². The summed E-state index contributed by atoms with van der Waals surface area (Å²) in [5, 5.41) is 0.497. The minimum atomic E-state index is 0.275. The summed E-state index contributed by atoms with van der Waals surface area (Å²) in [6.45, 7) is 1.70. The zero-order chi connectivity index (χ0) is 6.85. The average Bonchev–Trinajstić information content (AvgIpc) is 2.13. The highest BCUT2D eigenvalue weighted by Gasteiger charge is 2.01. The minimum Gasteiger partial charge on any atom is -0.457 e. The van der Waals surface area contributed by atoms with Gasteiger partial charge in [0.05, 0.1) is 5.02 Å². The Morgan fingerprint density at radius 3 is 2.67 bits per heavy atom. The van der Waals surface area contributed by atoms with Crippen LogP contribution in [0.15, 0.2) is 10.5 Å². The lowest BCUT2D eigenvalue weighted by molar-refractivity contribution is 0.109. The predicted octanol–water partition coefficient (Wildman–Crippen LogP) is 2.05. The first-order valence-corrected chi connectivity index (χ1v) is 2.83. The van der Waals surface area contributed by atoms with Crippen molar-refractivity contribution < 1.29 is 9.21 Å². The van der Waals surface area contributed by atoms with Crippen LogP contribution in [0.4, 0.5) is 0 Å². The predicted molar refractivity (Wildman–Crippen MR) is 33.8 cm³/mol. The fourth-order valence-electron chi connectivity index (χ4n) is 0.540. The number of aryl methyl sites for hydroxylation is 1. The van der Waals surface area contributed by atoms with Gasteiger partial charge in [-0.25, -0.2) is 0 Å². The van der Waals surface area contributed by atoms with Crippen molar-refractivity contribution in [2.75, 3.05) is 0 Å². The summed E-state index contributed by atoms with van der Waals surface area (Å²) in [5.74, 6) is 0.858. The summed E-state index contributed by atoms with van der Waals surface area (Å²) in [5.41, 5.74) is 0. The molecule has 0 aromatic carbocycles. The maximum Gasteiger partial charge on any atom is 0.185 e. The highest BCUT2D eigenvalue weighted by atomic mass is 35.5. The van der Waals surface area contributed by atoms with E-state index in [1.807, 2.05) is 0 Å². The Bertz CT molecular complexity index is 207. The van der Waals surface area contributed by atoms with Gasteiger partial charge in [-0.05, 0) is 6.92 Å². The number of carbonyl (C=O) groups excluding carboxylic acids is 1. The fourth-order valence-corrected chi connectivity index (χ4v) is 0.686. The molecule has 1 heterocycles. The van der Waals surface area contributed by atoms with Gasteiger partial charge in [0.25, 0.3) is 0 Å². The molecule has 1 aromatic heterocycles. The van der Waals surface area contributed by atoms with Crippen molar-refractivity contribution in [3.63, 3.8) is 0 Å². The molecule has 0 N–H and O–H groups in total. The van der Waals surface area contributed by atoms with Crippen molar-refractivity contribution in [3.05, 3.63) is 22.6 Å². The molecule has 0 spiro atoms. The summed E-state index contributed by atoms with van der Waals surface area (Å²) in [7, 11) is 0. The molecule has 0 amide bonds. The average molecular weight is 145 g/mol. The Labute approximate surface area is 57.4 Å². The molecule has 0 unspecified atom stereocenters. The van der Waals surface area contributed by atoms with Gasteiger partial charge in [0.2, 0.25) is 0 Å². The molecule has 0 aliphatic rings. The molecule has 0 aliphatic heterocycles. The molecule has 48 valence electrons. The number of carbonyl (C=O) groups is 1. The van der Waals surface area contributed by atoms with E-state index in [4.69, 9.17) is 16.0 Å². The topological polar surface area (TPSA) is 30.2 Å². The van der Waals surface area contributed by atoms with Crippen LogP contribution in [-0.4, -0.2) is 6.29 Å². The van der Waals surface area contributed by atoms with Crippen LogP contribution < -0.4 is 0 Å². The number of halogens is 1. The molecule has 0 radical (unpaired) electrons.